The Morgan fingerprint density at radius 1 is 1.03 bits per heavy atom. The number of carbonyl (C=O) groups excluding carboxylic acids is 2. The molecule has 1 heterocycles. The Morgan fingerprint density at radius 3 is 2.40 bits per heavy atom. The topological polar surface area (TPSA) is 123 Å². The molecule has 35 heavy (non-hydrogen) atoms. The van der Waals surface area contributed by atoms with Gasteiger partial charge in [0.05, 0.1) is 23.8 Å². The first kappa shape index (κ1) is 22.4. The predicted molar refractivity (Wildman–Crippen MR) is 128 cm³/mol. The van der Waals surface area contributed by atoms with Crippen LogP contribution in [-0.2, 0) is 20.9 Å². The molecule has 3 aromatic rings. The molecule has 2 aliphatic carbocycles. The Balaban J connectivity index is 1.12. The maximum Gasteiger partial charge on any atom is 0.407 e. The van der Waals surface area contributed by atoms with E-state index in [1.807, 2.05) is 24.3 Å². The highest BCUT2D eigenvalue weighted by molar-refractivity contribution is 5.94. The number of anilines is 1. The molecule has 2 aromatic carbocycles. The molecule has 9 heteroatoms. The predicted octanol–water partition coefficient (Wildman–Crippen LogP) is 3.39. The summed E-state index contributed by atoms with van der Waals surface area (Å²) in [7, 11) is 0. The molecule has 9 nitrogen and oxygen atoms in total. The van der Waals surface area contributed by atoms with Crippen molar-refractivity contribution >= 4 is 23.7 Å². The minimum absolute atomic E-state index is 0.0205. The molecule has 0 fully saturated rings. The Bertz CT molecular complexity index is 1270. The highest BCUT2D eigenvalue weighted by Crippen LogP contribution is 2.44. The molecule has 0 radical (unpaired) electrons. The van der Waals surface area contributed by atoms with Crippen molar-refractivity contribution in [2.45, 2.75) is 24.9 Å². The number of aromatic nitrogens is 2. The van der Waals surface area contributed by atoms with Crippen LogP contribution in [0.4, 0.5) is 10.5 Å². The molecule has 5 rings (SSSR count). The van der Waals surface area contributed by atoms with Crippen molar-refractivity contribution in [2.24, 2.45) is 5.92 Å². The first-order valence-electron chi connectivity index (χ1n) is 11.3. The molecule has 0 saturated heterocycles. The summed E-state index contributed by atoms with van der Waals surface area (Å²) in [5.41, 5.74) is 5.03. The summed E-state index contributed by atoms with van der Waals surface area (Å²) >= 11 is 0. The summed E-state index contributed by atoms with van der Waals surface area (Å²) < 4.78 is 6.81. The molecule has 0 aliphatic heterocycles. The Morgan fingerprint density at radius 2 is 1.71 bits per heavy atom. The Kier molecular flexibility index (Phi) is 6.05. The van der Waals surface area contributed by atoms with E-state index in [4.69, 9.17) is 9.84 Å². The molecule has 2 atom stereocenters. The highest BCUT2D eigenvalue weighted by Gasteiger charge is 2.30. The fourth-order valence-corrected chi connectivity index (χ4v) is 4.68. The van der Waals surface area contributed by atoms with E-state index in [1.54, 1.807) is 12.2 Å². The van der Waals surface area contributed by atoms with Crippen molar-refractivity contribution in [1.29, 1.82) is 0 Å². The van der Waals surface area contributed by atoms with Crippen molar-refractivity contribution in [3.63, 3.8) is 0 Å². The lowest BCUT2D eigenvalue weighted by Gasteiger charge is -2.17. The van der Waals surface area contributed by atoms with Gasteiger partial charge in [-0.05, 0) is 28.7 Å². The zero-order chi connectivity index (χ0) is 24.4. The van der Waals surface area contributed by atoms with E-state index in [0.29, 0.717) is 12.1 Å². The van der Waals surface area contributed by atoms with Gasteiger partial charge in [-0.2, -0.15) is 5.10 Å². The summed E-state index contributed by atoms with van der Waals surface area (Å²) in [6.45, 7) is -0.0636. The van der Waals surface area contributed by atoms with Crippen LogP contribution < -0.4 is 10.6 Å². The van der Waals surface area contributed by atoms with Gasteiger partial charge >= 0.3 is 12.1 Å². The lowest BCUT2D eigenvalue weighted by Crippen LogP contribution is -2.35. The van der Waals surface area contributed by atoms with Gasteiger partial charge in [-0.3, -0.25) is 14.3 Å². The molecule has 1 aromatic heterocycles. The van der Waals surface area contributed by atoms with E-state index in [9.17, 15) is 14.4 Å². The van der Waals surface area contributed by atoms with E-state index in [2.05, 4.69) is 40.0 Å². The van der Waals surface area contributed by atoms with Crippen molar-refractivity contribution < 1.29 is 24.2 Å². The van der Waals surface area contributed by atoms with E-state index in [0.717, 1.165) is 22.3 Å². The number of nitrogens with zero attached hydrogens (tertiary/aromatic N) is 2. The third kappa shape index (κ3) is 4.79. The lowest BCUT2D eigenvalue weighted by atomic mass is 9.98. The Hall–Kier alpha value is -4.40. The average molecular weight is 473 g/mol. The van der Waals surface area contributed by atoms with E-state index in [1.165, 1.54) is 17.1 Å². The second-order valence-electron chi connectivity index (χ2n) is 8.61. The zero-order valence-electron chi connectivity index (χ0n) is 18.8. The van der Waals surface area contributed by atoms with Gasteiger partial charge < -0.3 is 20.5 Å². The van der Waals surface area contributed by atoms with Gasteiger partial charge in [0.1, 0.15) is 13.2 Å². The molecule has 3 N–H and O–H groups in total. The number of carbonyl (C=O) groups is 3. The molecular formula is C26H24N4O5. The fourth-order valence-electron chi connectivity index (χ4n) is 4.68. The number of hydrogen-bond acceptors (Lipinski definition) is 5. The minimum atomic E-state index is -1.02. The quantitative estimate of drug-likeness (QED) is 0.453. The SMILES string of the molecule is O=C(O)Cn1cc(NC(=O)C2C=CC(NC(=O)OCC3c4ccccc4-c4ccccc43)C2)cn1. The van der Waals surface area contributed by atoms with Crippen LogP contribution >= 0.6 is 0 Å². The Labute approximate surface area is 201 Å². The van der Waals surface area contributed by atoms with Crippen molar-refractivity contribution in [3.05, 3.63) is 84.2 Å². The lowest BCUT2D eigenvalue weighted by molar-refractivity contribution is -0.137. The molecule has 2 aliphatic rings. The van der Waals surface area contributed by atoms with Gasteiger partial charge in [0.25, 0.3) is 0 Å². The van der Waals surface area contributed by atoms with Crippen LogP contribution in [-0.4, -0.2) is 45.5 Å². The monoisotopic (exact) mass is 472 g/mol. The standard InChI is InChI=1S/C26H24N4O5/c31-24(32)14-30-13-18(12-27-30)28-25(33)16-9-10-17(11-16)29-26(34)35-15-23-21-7-3-1-5-19(21)20-6-2-4-8-22(20)23/h1-10,12-13,16-17,23H,11,14-15H2,(H,28,33)(H,29,34)(H,31,32). The second kappa shape index (κ2) is 9.46. The second-order valence-corrected chi connectivity index (χ2v) is 8.61. The summed E-state index contributed by atoms with van der Waals surface area (Å²) in [4.78, 5) is 35.8. The molecule has 0 bridgehead atoms. The summed E-state index contributed by atoms with van der Waals surface area (Å²) in [5.74, 6) is -1.73. The van der Waals surface area contributed by atoms with Crippen LogP contribution in [0.25, 0.3) is 11.1 Å². The molecule has 0 spiro atoms. The third-order valence-electron chi connectivity index (χ3n) is 6.27. The number of carboxylic acids is 1. The van der Waals surface area contributed by atoms with E-state index in [-0.39, 0.29) is 31.0 Å². The van der Waals surface area contributed by atoms with Crippen LogP contribution in [0.5, 0.6) is 0 Å². The number of fused-ring (bicyclic) bond motifs is 3. The van der Waals surface area contributed by atoms with E-state index >= 15 is 0 Å². The summed E-state index contributed by atoms with van der Waals surface area (Å²) in [5, 5.41) is 18.3. The van der Waals surface area contributed by atoms with Crippen molar-refractivity contribution in [1.82, 2.24) is 15.1 Å². The number of benzene rings is 2. The number of rotatable bonds is 7. The number of aliphatic carboxylic acids is 1. The molecular weight excluding hydrogens is 448 g/mol. The van der Waals surface area contributed by atoms with Crippen LogP contribution in [0.15, 0.2) is 73.1 Å². The number of hydrogen-bond donors (Lipinski definition) is 3. The minimum Gasteiger partial charge on any atom is -0.480 e. The molecule has 2 unspecified atom stereocenters. The number of nitrogens with one attached hydrogen (secondary N) is 2. The van der Waals surface area contributed by atoms with Gasteiger partial charge in [0.2, 0.25) is 5.91 Å². The average Bonchev–Trinajstić information content (AvgIpc) is 3.55. The zero-order valence-corrected chi connectivity index (χ0v) is 18.8. The van der Waals surface area contributed by atoms with Gasteiger partial charge in [0, 0.05) is 12.1 Å². The smallest absolute Gasteiger partial charge is 0.407 e. The number of carboxylic acid groups (broad SMARTS) is 1. The van der Waals surface area contributed by atoms with Gasteiger partial charge in [0.15, 0.2) is 0 Å². The fraction of sp³-hybridized carbons (Fsp3) is 0.231. The van der Waals surface area contributed by atoms with Crippen LogP contribution in [0.3, 0.4) is 0 Å². The largest absolute Gasteiger partial charge is 0.480 e. The maximum absolute atomic E-state index is 12.6. The summed E-state index contributed by atoms with van der Waals surface area (Å²) in [6, 6.07) is 16.0. The molecule has 2 amide bonds. The van der Waals surface area contributed by atoms with Crippen molar-refractivity contribution in [2.75, 3.05) is 11.9 Å². The van der Waals surface area contributed by atoms with Gasteiger partial charge in [-0.1, -0.05) is 60.7 Å². The number of alkyl carbamates (subject to hydrolysis) is 1. The number of ether oxygens (including phenoxy) is 1. The third-order valence-corrected chi connectivity index (χ3v) is 6.27. The van der Waals surface area contributed by atoms with Crippen molar-refractivity contribution in [3.8, 4) is 11.1 Å². The van der Waals surface area contributed by atoms with Crippen LogP contribution in [0, 0.1) is 5.92 Å². The highest BCUT2D eigenvalue weighted by atomic mass is 16.5. The molecule has 178 valence electrons. The molecule has 0 saturated carbocycles. The van der Waals surface area contributed by atoms with Gasteiger partial charge in [-0.25, -0.2) is 4.79 Å². The summed E-state index contributed by atoms with van der Waals surface area (Å²) in [6.07, 6.45) is 6.24. The normalized spacial score (nSPS) is 18.1. The number of amides is 2. The first-order chi connectivity index (χ1) is 17.0. The van der Waals surface area contributed by atoms with E-state index < -0.39 is 18.0 Å². The first-order valence-corrected chi connectivity index (χ1v) is 11.3. The van der Waals surface area contributed by atoms with Crippen LogP contribution in [0.1, 0.15) is 23.5 Å². The van der Waals surface area contributed by atoms with Gasteiger partial charge in [-0.15, -0.1) is 0 Å². The maximum atomic E-state index is 12.6. The van der Waals surface area contributed by atoms with Crippen LogP contribution in [0.2, 0.25) is 0 Å².